The number of nitrogens with zero attached hydrogens (tertiary/aromatic N) is 1. The van der Waals surface area contributed by atoms with Gasteiger partial charge < -0.3 is 20.5 Å². The standard InChI is InChI=1S/C17H14F3N3O4S/c18-17(19,20)10-3-1-2-8-13(10)23-14(11(25)7-24)9(15(8)27)6-12(26)22-16-21-4-5-28-16/h1-5,11,24-25H,6-7H2,(H,23,27)(H,21,22,26). The Hall–Kier alpha value is -2.76. The minimum atomic E-state index is -4.74. The third-order valence-electron chi connectivity index (χ3n) is 4.00. The van der Waals surface area contributed by atoms with Crippen LogP contribution >= 0.6 is 11.3 Å². The Kier molecular flexibility index (Phi) is 5.49. The molecule has 148 valence electrons. The van der Waals surface area contributed by atoms with Gasteiger partial charge in [-0.25, -0.2) is 4.98 Å². The quantitative estimate of drug-likeness (QED) is 0.512. The van der Waals surface area contributed by atoms with Gasteiger partial charge in [-0.15, -0.1) is 11.3 Å². The number of anilines is 1. The van der Waals surface area contributed by atoms with Gasteiger partial charge in [-0.1, -0.05) is 6.07 Å². The topological polar surface area (TPSA) is 115 Å². The van der Waals surface area contributed by atoms with Gasteiger partial charge in [0, 0.05) is 22.5 Å². The lowest BCUT2D eigenvalue weighted by Crippen LogP contribution is -2.25. The van der Waals surface area contributed by atoms with Gasteiger partial charge in [-0.2, -0.15) is 13.2 Å². The third kappa shape index (κ3) is 3.91. The van der Waals surface area contributed by atoms with Crippen molar-refractivity contribution in [1.29, 1.82) is 0 Å². The van der Waals surface area contributed by atoms with Crippen LogP contribution in [-0.4, -0.2) is 32.7 Å². The number of hydrogen-bond donors (Lipinski definition) is 4. The average molecular weight is 413 g/mol. The second-order valence-electron chi connectivity index (χ2n) is 5.83. The number of fused-ring (bicyclic) bond motifs is 1. The second kappa shape index (κ2) is 7.70. The predicted octanol–water partition coefficient (Wildman–Crippen LogP) is 2.21. The molecule has 1 unspecified atom stereocenters. The number of thiazole rings is 1. The molecular formula is C17H14F3N3O4S. The molecule has 0 fully saturated rings. The molecule has 0 bridgehead atoms. The van der Waals surface area contributed by atoms with Crippen molar-refractivity contribution in [3.8, 4) is 0 Å². The lowest BCUT2D eigenvalue weighted by molar-refractivity contribution is -0.136. The van der Waals surface area contributed by atoms with E-state index in [1.807, 2.05) is 0 Å². The SMILES string of the molecule is O=C(Cc1c(C(O)CO)[nH]c2c(C(F)(F)F)cccc2c1=O)Nc1nccs1. The van der Waals surface area contributed by atoms with Gasteiger partial charge in [0.1, 0.15) is 6.10 Å². The van der Waals surface area contributed by atoms with Crippen molar-refractivity contribution < 1.29 is 28.2 Å². The van der Waals surface area contributed by atoms with E-state index in [-0.39, 0.29) is 21.8 Å². The number of para-hydroxylation sites is 1. The number of pyridine rings is 1. The molecule has 0 aliphatic carbocycles. The Morgan fingerprint density at radius 3 is 2.71 bits per heavy atom. The lowest BCUT2D eigenvalue weighted by Gasteiger charge is -2.17. The number of benzene rings is 1. The maximum absolute atomic E-state index is 13.3. The molecule has 0 spiro atoms. The number of aromatic amines is 1. The Balaban J connectivity index is 2.14. The van der Waals surface area contributed by atoms with Crippen LogP contribution in [0.3, 0.4) is 0 Å². The van der Waals surface area contributed by atoms with Gasteiger partial charge in [-0.05, 0) is 12.1 Å². The monoisotopic (exact) mass is 413 g/mol. The molecular weight excluding hydrogens is 399 g/mol. The van der Waals surface area contributed by atoms with Crippen LogP contribution in [0.4, 0.5) is 18.3 Å². The molecule has 4 N–H and O–H groups in total. The van der Waals surface area contributed by atoms with Gasteiger partial charge in [0.05, 0.1) is 29.8 Å². The highest BCUT2D eigenvalue weighted by molar-refractivity contribution is 7.13. The van der Waals surface area contributed by atoms with E-state index < -0.39 is 47.7 Å². The summed E-state index contributed by atoms with van der Waals surface area (Å²) in [5, 5.41) is 23.3. The maximum atomic E-state index is 13.3. The summed E-state index contributed by atoms with van der Waals surface area (Å²) in [4.78, 5) is 31.3. The van der Waals surface area contributed by atoms with Gasteiger partial charge in [-0.3, -0.25) is 9.59 Å². The molecule has 11 heteroatoms. The smallest absolute Gasteiger partial charge is 0.393 e. The molecule has 2 heterocycles. The van der Waals surface area contributed by atoms with Crippen LogP contribution in [0.15, 0.2) is 34.6 Å². The van der Waals surface area contributed by atoms with Crippen molar-refractivity contribution in [2.75, 3.05) is 11.9 Å². The summed E-state index contributed by atoms with van der Waals surface area (Å²) in [6.07, 6.45) is -5.47. The summed E-state index contributed by atoms with van der Waals surface area (Å²) < 4.78 is 39.8. The van der Waals surface area contributed by atoms with Crippen molar-refractivity contribution in [2.24, 2.45) is 0 Å². The molecule has 0 aliphatic heterocycles. The fourth-order valence-corrected chi connectivity index (χ4v) is 3.31. The Morgan fingerprint density at radius 2 is 2.11 bits per heavy atom. The van der Waals surface area contributed by atoms with Gasteiger partial charge in [0.15, 0.2) is 10.6 Å². The van der Waals surface area contributed by atoms with Crippen LogP contribution in [0, 0.1) is 0 Å². The van der Waals surface area contributed by atoms with E-state index in [4.69, 9.17) is 0 Å². The van der Waals surface area contributed by atoms with Gasteiger partial charge >= 0.3 is 6.18 Å². The maximum Gasteiger partial charge on any atom is 0.418 e. The summed E-state index contributed by atoms with van der Waals surface area (Å²) in [6.45, 7) is -0.850. The minimum absolute atomic E-state index is 0.234. The van der Waals surface area contributed by atoms with Crippen molar-refractivity contribution in [1.82, 2.24) is 9.97 Å². The molecule has 3 rings (SSSR count). The van der Waals surface area contributed by atoms with Crippen LogP contribution in [0.1, 0.15) is 22.9 Å². The summed E-state index contributed by atoms with van der Waals surface area (Å²) in [5.74, 6) is -0.641. The average Bonchev–Trinajstić information content (AvgIpc) is 3.14. The molecule has 0 radical (unpaired) electrons. The molecule has 0 saturated heterocycles. The third-order valence-corrected chi connectivity index (χ3v) is 4.68. The number of H-pyrrole nitrogens is 1. The molecule has 1 amide bonds. The molecule has 0 aliphatic rings. The zero-order valence-electron chi connectivity index (χ0n) is 14.1. The van der Waals surface area contributed by atoms with E-state index in [1.54, 1.807) is 5.38 Å². The van der Waals surface area contributed by atoms with E-state index in [2.05, 4.69) is 15.3 Å². The van der Waals surface area contributed by atoms with Crippen molar-refractivity contribution >= 4 is 33.3 Å². The summed E-state index contributed by atoms with van der Waals surface area (Å²) in [6, 6.07) is 3.07. The molecule has 0 saturated carbocycles. The lowest BCUT2D eigenvalue weighted by atomic mass is 10.00. The largest absolute Gasteiger partial charge is 0.418 e. The second-order valence-corrected chi connectivity index (χ2v) is 6.73. The van der Waals surface area contributed by atoms with E-state index in [0.717, 1.165) is 23.5 Å². The minimum Gasteiger partial charge on any atom is -0.393 e. The van der Waals surface area contributed by atoms with Crippen LogP contribution in [0.5, 0.6) is 0 Å². The number of rotatable bonds is 5. The highest BCUT2D eigenvalue weighted by Gasteiger charge is 2.34. The number of hydrogen-bond acceptors (Lipinski definition) is 6. The van der Waals surface area contributed by atoms with Gasteiger partial charge in [0.2, 0.25) is 5.91 Å². The van der Waals surface area contributed by atoms with E-state index in [1.165, 1.54) is 12.3 Å². The van der Waals surface area contributed by atoms with Crippen molar-refractivity contribution in [3.05, 3.63) is 56.8 Å². The van der Waals surface area contributed by atoms with Crippen LogP contribution in [-0.2, 0) is 17.4 Å². The van der Waals surface area contributed by atoms with E-state index in [0.29, 0.717) is 0 Å². The number of carbonyl (C=O) groups is 1. The highest BCUT2D eigenvalue weighted by atomic mass is 32.1. The molecule has 3 aromatic rings. The van der Waals surface area contributed by atoms with E-state index >= 15 is 0 Å². The predicted molar refractivity (Wildman–Crippen MR) is 96.1 cm³/mol. The first kappa shape index (κ1) is 20.0. The molecule has 7 nitrogen and oxygen atoms in total. The first-order valence-electron chi connectivity index (χ1n) is 7.95. The summed E-state index contributed by atoms with van der Waals surface area (Å²) in [5.41, 5.74) is -3.02. The zero-order chi connectivity index (χ0) is 20.5. The molecule has 1 atom stereocenters. The Morgan fingerprint density at radius 1 is 1.36 bits per heavy atom. The number of nitrogens with one attached hydrogen (secondary N) is 2. The number of carbonyl (C=O) groups excluding carboxylic acids is 1. The van der Waals surface area contributed by atoms with Gasteiger partial charge in [0.25, 0.3) is 0 Å². The normalized spacial score (nSPS) is 12.9. The van der Waals surface area contributed by atoms with Crippen LogP contribution in [0.25, 0.3) is 10.9 Å². The van der Waals surface area contributed by atoms with E-state index in [9.17, 15) is 33.0 Å². The van der Waals surface area contributed by atoms with Crippen LogP contribution < -0.4 is 10.7 Å². The fourth-order valence-electron chi connectivity index (χ4n) is 2.77. The highest BCUT2D eigenvalue weighted by Crippen LogP contribution is 2.34. The molecule has 2 aromatic heterocycles. The summed E-state index contributed by atoms with van der Waals surface area (Å²) in [7, 11) is 0. The Bertz CT molecular complexity index is 1060. The Labute approximate surface area is 159 Å². The van der Waals surface area contributed by atoms with Crippen molar-refractivity contribution in [2.45, 2.75) is 18.7 Å². The van der Waals surface area contributed by atoms with Crippen molar-refractivity contribution in [3.63, 3.8) is 0 Å². The fraction of sp³-hybridized carbons (Fsp3) is 0.235. The number of aliphatic hydroxyl groups excluding tert-OH is 2. The molecule has 28 heavy (non-hydrogen) atoms. The first-order valence-corrected chi connectivity index (χ1v) is 8.83. The first-order chi connectivity index (χ1) is 13.2. The summed E-state index contributed by atoms with van der Waals surface area (Å²) >= 11 is 1.14. The number of amides is 1. The zero-order valence-corrected chi connectivity index (χ0v) is 14.9. The molecule has 1 aromatic carbocycles. The number of aliphatic hydroxyl groups is 2. The number of alkyl halides is 3. The van der Waals surface area contributed by atoms with Crippen LogP contribution in [0.2, 0.25) is 0 Å². The number of aromatic nitrogens is 2. The number of halogens is 3.